The Hall–Kier alpha value is -3.43. The Morgan fingerprint density at radius 1 is 1.23 bits per heavy atom. The number of rotatable bonds is 3. The Morgan fingerprint density at radius 3 is 2.57 bits per heavy atom. The number of hydrogen-bond donors (Lipinski definition) is 1. The Balaban J connectivity index is 1.59. The molecular weight excluding hydrogens is 490 g/mol. The van der Waals surface area contributed by atoms with Gasteiger partial charge in [0.15, 0.2) is 22.7 Å². The SMILES string of the molecule is N#Cc1cc(F)c(N2C(=O)C3(CCC3)N(c3ccc4c(c3)OCC(CO)O4)C2=S)cc1C(F)(F)F. The second-order valence-electron chi connectivity index (χ2n) is 8.47. The Kier molecular flexibility index (Phi) is 5.37. The summed E-state index contributed by atoms with van der Waals surface area (Å²) in [6.07, 6.45) is -4.06. The molecule has 1 unspecified atom stereocenters. The summed E-state index contributed by atoms with van der Waals surface area (Å²) in [6.45, 7) is -0.135. The minimum atomic E-state index is -4.94. The molecule has 1 saturated heterocycles. The van der Waals surface area contributed by atoms with Gasteiger partial charge in [0, 0.05) is 11.8 Å². The first-order chi connectivity index (χ1) is 16.6. The highest BCUT2D eigenvalue weighted by Gasteiger charge is 2.60. The van der Waals surface area contributed by atoms with Gasteiger partial charge in [-0.05, 0) is 55.7 Å². The minimum Gasteiger partial charge on any atom is -0.486 e. The number of halogens is 4. The number of aliphatic hydroxyl groups is 1. The van der Waals surface area contributed by atoms with Gasteiger partial charge in [-0.15, -0.1) is 0 Å². The second-order valence-corrected chi connectivity index (χ2v) is 8.83. The molecule has 0 aromatic heterocycles. The average molecular weight is 507 g/mol. The molecule has 7 nitrogen and oxygen atoms in total. The normalized spacial score (nSPS) is 20.7. The molecule has 182 valence electrons. The van der Waals surface area contributed by atoms with Gasteiger partial charge in [-0.25, -0.2) is 4.39 Å². The van der Waals surface area contributed by atoms with Crippen molar-refractivity contribution in [3.63, 3.8) is 0 Å². The van der Waals surface area contributed by atoms with Crippen molar-refractivity contribution in [1.82, 2.24) is 0 Å². The number of nitrogens with zero attached hydrogens (tertiary/aromatic N) is 3. The average Bonchev–Trinajstić information content (AvgIpc) is 3.04. The van der Waals surface area contributed by atoms with Crippen molar-refractivity contribution in [2.75, 3.05) is 23.0 Å². The Morgan fingerprint density at radius 2 is 1.97 bits per heavy atom. The van der Waals surface area contributed by atoms with Gasteiger partial charge >= 0.3 is 6.18 Å². The van der Waals surface area contributed by atoms with Crippen LogP contribution in [0.4, 0.5) is 28.9 Å². The van der Waals surface area contributed by atoms with Crippen LogP contribution in [0.5, 0.6) is 11.5 Å². The van der Waals surface area contributed by atoms with Gasteiger partial charge in [-0.2, -0.15) is 18.4 Å². The maximum atomic E-state index is 15.0. The molecule has 5 rings (SSSR count). The van der Waals surface area contributed by atoms with Crippen LogP contribution in [0.3, 0.4) is 0 Å². The molecule has 3 aliphatic rings. The van der Waals surface area contributed by atoms with Crippen LogP contribution < -0.4 is 19.3 Å². The number of anilines is 2. The van der Waals surface area contributed by atoms with Gasteiger partial charge in [0.25, 0.3) is 5.91 Å². The van der Waals surface area contributed by atoms with E-state index in [1.165, 1.54) is 11.0 Å². The molecule has 2 aromatic carbocycles. The van der Waals surface area contributed by atoms with E-state index >= 15 is 0 Å². The molecule has 1 saturated carbocycles. The van der Waals surface area contributed by atoms with E-state index in [0.29, 0.717) is 48.6 Å². The molecule has 1 spiro atoms. The molecule has 2 aliphatic heterocycles. The van der Waals surface area contributed by atoms with Crippen molar-refractivity contribution >= 4 is 34.6 Å². The lowest BCUT2D eigenvalue weighted by atomic mass is 9.75. The van der Waals surface area contributed by atoms with E-state index in [1.807, 2.05) is 0 Å². The van der Waals surface area contributed by atoms with E-state index in [-0.39, 0.29) is 18.3 Å². The third-order valence-corrected chi connectivity index (χ3v) is 6.82. The molecule has 2 fully saturated rings. The van der Waals surface area contributed by atoms with Crippen molar-refractivity contribution in [3.05, 3.63) is 47.3 Å². The number of benzene rings is 2. The predicted octanol–water partition coefficient (Wildman–Crippen LogP) is 3.91. The Bertz CT molecular complexity index is 1290. The molecule has 12 heteroatoms. The van der Waals surface area contributed by atoms with Gasteiger partial charge in [0.1, 0.15) is 18.0 Å². The molecule has 1 amide bonds. The number of nitriles is 1. The van der Waals surface area contributed by atoms with Crippen LogP contribution >= 0.6 is 12.2 Å². The first kappa shape index (κ1) is 23.3. The van der Waals surface area contributed by atoms with Crippen molar-refractivity contribution in [2.45, 2.75) is 37.1 Å². The summed E-state index contributed by atoms with van der Waals surface area (Å²) in [7, 11) is 0. The fourth-order valence-corrected chi connectivity index (χ4v) is 5.05. The van der Waals surface area contributed by atoms with Crippen LogP contribution in [0, 0.1) is 17.1 Å². The maximum Gasteiger partial charge on any atom is 0.417 e. The summed E-state index contributed by atoms with van der Waals surface area (Å²) in [4.78, 5) is 15.8. The number of fused-ring (bicyclic) bond motifs is 1. The van der Waals surface area contributed by atoms with Crippen LogP contribution in [-0.4, -0.2) is 41.0 Å². The zero-order valence-electron chi connectivity index (χ0n) is 17.9. The first-order valence-electron chi connectivity index (χ1n) is 10.6. The number of thiocarbonyl (C=S) groups is 1. The van der Waals surface area contributed by atoms with E-state index in [2.05, 4.69) is 0 Å². The molecule has 2 heterocycles. The summed E-state index contributed by atoms with van der Waals surface area (Å²) in [5.41, 5.74) is -3.65. The quantitative estimate of drug-likeness (QED) is 0.498. The zero-order chi connectivity index (χ0) is 25.1. The van der Waals surface area contributed by atoms with Crippen molar-refractivity contribution < 1.29 is 36.9 Å². The summed E-state index contributed by atoms with van der Waals surface area (Å²) < 4.78 is 66.9. The van der Waals surface area contributed by atoms with Gasteiger partial charge in [-0.1, -0.05) is 0 Å². The molecule has 1 atom stereocenters. The number of hydrogen-bond acceptors (Lipinski definition) is 6. The summed E-state index contributed by atoms with van der Waals surface area (Å²) >= 11 is 5.51. The lowest BCUT2D eigenvalue weighted by molar-refractivity contribution is -0.137. The third kappa shape index (κ3) is 3.49. The van der Waals surface area contributed by atoms with E-state index in [4.69, 9.17) is 27.0 Å². The molecule has 35 heavy (non-hydrogen) atoms. The topological polar surface area (TPSA) is 86.0 Å². The number of carbonyl (C=O) groups is 1. The highest BCUT2D eigenvalue weighted by Crippen LogP contribution is 2.50. The number of aliphatic hydroxyl groups excluding tert-OH is 1. The smallest absolute Gasteiger partial charge is 0.417 e. The minimum absolute atomic E-state index is 0.101. The number of alkyl halides is 3. The summed E-state index contributed by atoms with van der Waals surface area (Å²) in [5, 5.41) is 18.2. The lowest BCUT2D eigenvalue weighted by Crippen LogP contribution is -2.55. The third-order valence-electron chi connectivity index (χ3n) is 6.45. The summed E-state index contributed by atoms with van der Waals surface area (Å²) in [5.74, 6) is -1.08. The molecule has 0 bridgehead atoms. The highest BCUT2D eigenvalue weighted by atomic mass is 32.1. The fraction of sp³-hybridized carbons (Fsp3) is 0.348. The Labute approximate surface area is 202 Å². The number of carbonyl (C=O) groups excluding carboxylic acids is 1. The predicted molar refractivity (Wildman–Crippen MR) is 119 cm³/mol. The van der Waals surface area contributed by atoms with Crippen LogP contribution in [0.25, 0.3) is 0 Å². The first-order valence-corrected chi connectivity index (χ1v) is 11.1. The highest BCUT2D eigenvalue weighted by molar-refractivity contribution is 7.81. The van der Waals surface area contributed by atoms with Crippen LogP contribution in [0.2, 0.25) is 0 Å². The van der Waals surface area contributed by atoms with Crippen LogP contribution in [-0.2, 0) is 11.0 Å². The van der Waals surface area contributed by atoms with Gasteiger partial charge < -0.3 is 19.5 Å². The van der Waals surface area contributed by atoms with Gasteiger partial charge in [-0.3, -0.25) is 9.69 Å². The molecule has 1 N–H and O–H groups in total. The zero-order valence-corrected chi connectivity index (χ0v) is 18.7. The van der Waals surface area contributed by atoms with Crippen LogP contribution in [0.15, 0.2) is 30.3 Å². The van der Waals surface area contributed by atoms with Crippen molar-refractivity contribution in [3.8, 4) is 17.6 Å². The molecular formula is C23H17F4N3O4S. The van der Waals surface area contributed by atoms with Crippen molar-refractivity contribution in [2.24, 2.45) is 0 Å². The van der Waals surface area contributed by atoms with E-state index in [9.17, 15) is 27.5 Å². The van der Waals surface area contributed by atoms with Crippen molar-refractivity contribution in [1.29, 1.82) is 5.26 Å². The van der Waals surface area contributed by atoms with Gasteiger partial charge in [0.05, 0.1) is 29.5 Å². The summed E-state index contributed by atoms with van der Waals surface area (Å²) in [6, 6.07) is 7.04. The van der Waals surface area contributed by atoms with Gasteiger partial charge in [0.2, 0.25) is 0 Å². The molecule has 0 radical (unpaired) electrons. The standard InChI is InChI=1S/C23H17F4N3O4S/c24-16-6-12(9-28)15(23(25,26)27)8-17(16)29-20(32)22(4-1-5-22)30(21(29)35)13-2-3-18-19(7-13)33-11-14(10-31)34-18/h2-3,6-8,14,31H,1,4-5,10-11H2. The van der Waals surface area contributed by atoms with E-state index < -0.39 is 46.4 Å². The van der Waals surface area contributed by atoms with Crippen LogP contribution in [0.1, 0.15) is 30.4 Å². The monoisotopic (exact) mass is 507 g/mol. The maximum absolute atomic E-state index is 15.0. The molecule has 1 aliphatic carbocycles. The largest absolute Gasteiger partial charge is 0.486 e. The molecule has 2 aromatic rings. The fourth-order valence-electron chi connectivity index (χ4n) is 4.59. The lowest BCUT2D eigenvalue weighted by Gasteiger charge is -2.43. The second kappa shape index (κ2) is 8.07. The van der Waals surface area contributed by atoms with E-state index in [0.717, 1.165) is 4.90 Å². The number of amides is 1. The van der Waals surface area contributed by atoms with E-state index in [1.54, 1.807) is 18.2 Å². The number of ether oxygens (including phenoxy) is 2.